The Kier molecular flexibility index (Phi) is 8.29. The molecule has 0 bridgehead atoms. The molecule has 0 rings (SSSR count). The fourth-order valence-electron chi connectivity index (χ4n) is 1.37. The highest BCUT2D eigenvalue weighted by Gasteiger charge is 2.14. The van der Waals surface area contributed by atoms with Crippen molar-refractivity contribution >= 4 is 12.0 Å². The number of nitrogens with zero attached hydrogens (tertiary/aromatic N) is 1. The summed E-state index contributed by atoms with van der Waals surface area (Å²) in [5.74, 6) is -0.975. The molecule has 2 N–H and O–H groups in total. The first-order valence-corrected chi connectivity index (χ1v) is 5.86. The molecule has 2 amide bonds. The second kappa shape index (κ2) is 9.00. The van der Waals surface area contributed by atoms with Crippen LogP contribution < -0.4 is 5.32 Å². The van der Waals surface area contributed by atoms with Gasteiger partial charge in [-0.2, -0.15) is 0 Å². The van der Waals surface area contributed by atoms with Crippen LogP contribution in [-0.2, 0) is 4.79 Å². The van der Waals surface area contributed by atoms with E-state index in [9.17, 15) is 9.59 Å². The highest BCUT2D eigenvalue weighted by atomic mass is 16.4. The van der Waals surface area contributed by atoms with Crippen LogP contribution in [-0.4, -0.2) is 41.6 Å². The Morgan fingerprint density at radius 2 is 1.88 bits per heavy atom. The smallest absolute Gasteiger partial charge is 0.323 e. The molecule has 0 heterocycles. The number of urea groups is 1. The van der Waals surface area contributed by atoms with Crippen LogP contribution in [0.3, 0.4) is 0 Å². The Morgan fingerprint density at radius 1 is 1.19 bits per heavy atom. The molecule has 0 aliphatic heterocycles. The third kappa shape index (κ3) is 7.09. The first-order chi connectivity index (χ1) is 7.61. The topological polar surface area (TPSA) is 69.6 Å². The summed E-state index contributed by atoms with van der Waals surface area (Å²) in [7, 11) is 0. The number of rotatable bonds is 8. The minimum atomic E-state index is -0.975. The number of unbranched alkanes of at least 4 members (excludes halogenated alkanes) is 2. The summed E-state index contributed by atoms with van der Waals surface area (Å²) >= 11 is 0. The van der Waals surface area contributed by atoms with Gasteiger partial charge in [-0.15, -0.1) is 0 Å². The van der Waals surface area contributed by atoms with Crippen molar-refractivity contribution < 1.29 is 14.7 Å². The average molecular weight is 230 g/mol. The van der Waals surface area contributed by atoms with Gasteiger partial charge in [0.25, 0.3) is 0 Å². The van der Waals surface area contributed by atoms with Crippen molar-refractivity contribution in [3.05, 3.63) is 0 Å². The largest absolute Gasteiger partial charge is 0.480 e. The molecule has 5 heteroatoms. The van der Waals surface area contributed by atoms with Gasteiger partial charge in [-0.1, -0.05) is 26.7 Å². The number of carbonyl (C=O) groups excluding carboxylic acids is 1. The Bertz CT molecular complexity index is 219. The van der Waals surface area contributed by atoms with E-state index in [0.29, 0.717) is 13.1 Å². The summed E-state index contributed by atoms with van der Waals surface area (Å²) in [6.45, 7) is 4.88. The molecule has 16 heavy (non-hydrogen) atoms. The predicted molar refractivity (Wildman–Crippen MR) is 62.4 cm³/mol. The van der Waals surface area contributed by atoms with Crippen LogP contribution in [0.5, 0.6) is 0 Å². The summed E-state index contributed by atoms with van der Waals surface area (Å²) in [5, 5.41) is 11.4. The van der Waals surface area contributed by atoms with Gasteiger partial charge in [0.2, 0.25) is 0 Å². The molecule has 0 fully saturated rings. The number of carbonyl (C=O) groups is 2. The van der Waals surface area contributed by atoms with Gasteiger partial charge in [0.05, 0.1) is 0 Å². The Balaban J connectivity index is 3.91. The third-order valence-corrected chi connectivity index (χ3v) is 2.16. The lowest BCUT2D eigenvalue weighted by molar-refractivity contribution is -0.137. The quantitative estimate of drug-likeness (QED) is 0.623. The minimum absolute atomic E-state index is 0.229. The van der Waals surface area contributed by atoms with E-state index >= 15 is 0 Å². The summed E-state index contributed by atoms with van der Waals surface area (Å²) < 4.78 is 0. The van der Waals surface area contributed by atoms with Crippen molar-refractivity contribution in [2.75, 3.05) is 19.6 Å². The molecule has 0 aromatic carbocycles. The number of nitrogens with one attached hydrogen (secondary N) is 1. The van der Waals surface area contributed by atoms with Gasteiger partial charge in [0, 0.05) is 13.1 Å². The lowest BCUT2D eigenvalue weighted by atomic mass is 10.2. The van der Waals surface area contributed by atoms with E-state index in [1.54, 1.807) is 0 Å². The van der Waals surface area contributed by atoms with Crippen LogP contribution >= 0.6 is 0 Å². The van der Waals surface area contributed by atoms with Gasteiger partial charge in [-0.3, -0.25) is 4.79 Å². The SMILES string of the molecule is CCCCCNC(=O)N(CCC)CC(=O)O. The summed E-state index contributed by atoms with van der Waals surface area (Å²) in [6.07, 6.45) is 3.88. The van der Waals surface area contributed by atoms with Crippen molar-refractivity contribution in [3.63, 3.8) is 0 Å². The number of aliphatic carboxylic acids is 1. The summed E-state index contributed by atoms with van der Waals surface area (Å²) in [4.78, 5) is 23.5. The van der Waals surface area contributed by atoms with Gasteiger partial charge in [-0.25, -0.2) is 4.79 Å². The highest BCUT2D eigenvalue weighted by Crippen LogP contribution is 1.95. The average Bonchev–Trinajstić information content (AvgIpc) is 2.23. The van der Waals surface area contributed by atoms with E-state index in [0.717, 1.165) is 25.7 Å². The standard InChI is InChI=1S/C11H22N2O3/c1-3-5-6-7-12-11(16)13(8-4-2)9-10(14)15/h3-9H2,1-2H3,(H,12,16)(H,14,15). The maximum Gasteiger partial charge on any atom is 0.323 e. The van der Waals surface area contributed by atoms with Crippen LogP contribution in [0.2, 0.25) is 0 Å². The summed E-state index contributed by atoms with van der Waals surface area (Å²) in [6, 6.07) is -0.277. The predicted octanol–water partition coefficient (Wildman–Crippen LogP) is 1.68. The summed E-state index contributed by atoms with van der Waals surface area (Å²) in [5.41, 5.74) is 0. The maximum absolute atomic E-state index is 11.6. The molecular formula is C11H22N2O3. The van der Waals surface area contributed by atoms with Crippen LogP contribution in [0, 0.1) is 0 Å². The van der Waals surface area contributed by atoms with E-state index in [4.69, 9.17) is 5.11 Å². The van der Waals surface area contributed by atoms with Gasteiger partial charge in [0.1, 0.15) is 6.54 Å². The Hall–Kier alpha value is -1.26. The van der Waals surface area contributed by atoms with E-state index < -0.39 is 5.97 Å². The Labute approximate surface area is 96.8 Å². The van der Waals surface area contributed by atoms with Gasteiger partial charge in [-0.05, 0) is 12.8 Å². The second-order valence-corrected chi connectivity index (χ2v) is 3.75. The molecule has 0 saturated heterocycles. The maximum atomic E-state index is 11.6. The molecule has 0 spiro atoms. The third-order valence-electron chi connectivity index (χ3n) is 2.16. The number of carboxylic acid groups (broad SMARTS) is 1. The molecule has 0 unspecified atom stereocenters. The van der Waals surface area contributed by atoms with Crippen molar-refractivity contribution in [2.24, 2.45) is 0 Å². The number of hydrogen-bond acceptors (Lipinski definition) is 2. The van der Waals surface area contributed by atoms with E-state index in [-0.39, 0.29) is 12.6 Å². The van der Waals surface area contributed by atoms with Gasteiger partial charge < -0.3 is 15.3 Å². The molecule has 0 aromatic heterocycles. The van der Waals surface area contributed by atoms with Gasteiger partial charge in [0.15, 0.2) is 0 Å². The molecular weight excluding hydrogens is 208 g/mol. The number of carboxylic acids is 1. The molecule has 5 nitrogen and oxygen atoms in total. The zero-order chi connectivity index (χ0) is 12.4. The van der Waals surface area contributed by atoms with Crippen molar-refractivity contribution in [1.82, 2.24) is 10.2 Å². The van der Waals surface area contributed by atoms with Crippen molar-refractivity contribution in [2.45, 2.75) is 39.5 Å². The lowest BCUT2D eigenvalue weighted by Gasteiger charge is -2.20. The molecule has 0 radical (unpaired) electrons. The van der Waals surface area contributed by atoms with Crippen LogP contribution in [0.4, 0.5) is 4.79 Å². The van der Waals surface area contributed by atoms with Gasteiger partial charge >= 0.3 is 12.0 Å². The van der Waals surface area contributed by atoms with E-state index in [2.05, 4.69) is 12.2 Å². The van der Waals surface area contributed by atoms with E-state index in [1.807, 2.05) is 6.92 Å². The number of hydrogen-bond donors (Lipinski definition) is 2. The van der Waals surface area contributed by atoms with Crippen molar-refractivity contribution in [3.8, 4) is 0 Å². The van der Waals surface area contributed by atoms with Crippen LogP contribution in [0.25, 0.3) is 0 Å². The molecule has 0 atom stereocenters. The lowest BCUT2D eigenvalue weighted by Crippen LogP contribution is -2.43. The zero-order valence-electron chi connectivity index (χ0n) is 10.2. The molecule has 0 saturated carbocycles. The number of amides is 2. The normalized spacial score (nSPS) is 9.88. The molecule has 94 valence electrons. The van der Waals surface area contributed by atoms with Crippen LogP contribution in [0.1, 0.15) is 39.5 Å². The highest BCUT2D eigenvalue weighted by molar-refractivity contribution is 5.79. The molecule has 0 aromatic rings. The fraction of sp³-hybridized carbons (Fsp3) is 0.818. The fourth-order valence-corrected chi connectivity index (χ4v) is 1.37. The van der Waals surface area contributed by atoms with E-state index in [1.165, 1.54) is 4.90 Å². The van der Waals surface area contributed by atoms with Crippen molar-refractivity contribution in [1.29, 1.82) is 0 Å². The second-order valence-electron chi connectivity index (χ2n) is 3.75. The monoisotopic (exact) mass is 230 g/mol. The first-order valence-electron chi connectivity index (χ1n) is 5.86. The molecule has 0 aliphatic carbocycles. The molecule has 0 aliphatic rings. The minimum Gasteiger partial charge on any atom is -0.480 e. The Morgan fingerprint density at radius 3 is 2.38 bits per heavy atom. The first kappa shape index (κ1) is 14.7. The van der Waals surface area contributed by atoms with Crippen LogP contribution in [0.15, 0.2) is 0 Å². The zero-order valence-corrected chi connectivity index (χ0v) is 10.2.